The summed E-state index contributed by atoms with van der Waals surface area (Å²) in [6.07, 6.45) is -5.22. The van der Waals surface area contributed by atoms with Crippen LogP contribution < -0.4 is 4.72 Å². The Labute approximate surface area is 185 Å². The number of aromatic nitrogens is 2. The van der Waals surface area contributed by atoms with Crippen LogP contribution in [0.3, 0.4) is 0 Å². The van der Waals surface area contributed by atoms with E-state index in [2.05, 4.69) is 9.82 Å². The van der Waals surface area contributed by atoms with Gasteiger partial charge in [-0.25, -0.2) is 22.6 Å². The highest BCUT2D eigenvalue weighted by molar-refractivity contribution is 7.91. The SMILES string of the molecule is C[C@H]1[C@H](NS(=O)(=O)c2ccc(-n3ccc(C(F)(F)F)n3)s2)[C@H]1c1ccccc1.O=C(O)O. The number of halogens is 3. The van der Waals surface area contributed by atoms with Gasteiger partial charge in [-0.05, 0) is 29.7 Å². The molecule has 172 valence electrons. The van der Waals surface area contributed by atoms with Gasteiger partial charge in [-0.3, -0.25) is 0 Å². The molecule has 0 amide bonds. The van der Waals surface area contributed by atoms with Crippen LogP contribution in [0.25, 0.3) is 5.00 Å². The smallest absolute Gasteiger partial charge is 0.450 e. The zero-order chi connectivity index (χ0) is 23.7. The molecule has 1 aromatic carbocycles. The minimum Gasteiger partial charge on any atom is -0.450 e. The van der Waals surface area contributed by atoms with Crippen LogP contribution in [-0.2, 0) is 16.2 Å². The van der Waals surface area contributed by atoms with Gasteiger partial charge >= 0.3 is 12.3 Å². The van der Waals surface area contributed by atoms with Gasteiger partial charge < -0.3 is 10.2 Å². The lowest BCUT2D eigenvalue weighted by molar-refractivity contribution is -0.141. The summed E-state index contributed by atoms with van der Waals surface area (Å²) in [5.41, 5.74) is 0.0479. The molecule has 4 rings (SSSR count). The normalized spacial score (nSPS) is 20.3. The average molecular weight is 489 g/mol. The molecule has 13 heteroatoms. The van der Waals surface area contributed by atoms with Crippen LogP contribution in [0, 0.1) is 5.92 Å². The van der Waals surface area contributed by atoms with Crippen LogP contribution in [0.5, 0.6) is 0 Å². The first-order valence-corrected chi connectivity index (χ1v) is 11.4. The molecule has 3 aromatic rings. The predicted octanol–water partition coefficient (Wildman–Crippen LogP) is 4.26. The van der Waals surface area contributed by atoms with E-state index >= 15 is 0 Å². The number of alkyl halides is 3. The largest absolute Gasteiger partial charge is 0.503 e. The van der Waals surface area contributed by atoms with E-state index in [4.69, 9.17) is 15.0 Å². The summed E-state index contributed by atoms with van der Waals surface area (Å²) in [6.45, 7) is 1.98. The molecule has 0 aliphatic heterocycles. The minimum absolute atomic E-state index is 0.0393. The van der Waals surface area contributed by atoms with Gasteiger partial charge in [0.1, 0.15) is 9.21 Å². The van der Waals surface area contributed by atoms with E-state index in [9.17, 15) is 21.6 Å². The van der Waals surface area contributed by atoms with E-state index < -0.39 is 28.0 Å². The molecule has 8 nitrogen and oxygen atoms in total. The summed E-state index contributed by atoms with van der Waals surface area (Å²) < 4.78 is 67.3. The molecule has 1 aliphatic carbocycles. The molecule has 0 radical (unpaired) electrons. The number of hydrogen-bond donors (Lipinski definition) is 3. The number of thiophene rings is 1. The molecule has 1 saturated carbocycles. The highest BCUT2D eigenvalue weighted by atomic mass is 32.2. The van der Waals surface area contributed by atoms with Crippen LogP contribution in [0.15, 0.2) is 58.9 Å². The molecule has 2 aromatic heterocycles. The summed E-state index contributed by atoms with van der Waals surface area (Å²) in [5.74, 6) is 0.271. The maximum Gasteiger partial charge on any atom is 0.503 e. The Morgan fingerprint density at radius 2 is 1.75 bits per heavy atom. The van der Waals surface area contributed by atoms with Gasteiger partial charge in [0.2, 0.25) is 10.0 Å². The van der Waals surface area contributed by atoms with Gasteiger partial charge in [0, 0.05) is 18.2 Å². The molecule has 0 spiro atoms. The van der Waals surface area contributed by atoms with Crippen LogP contribution in [0.1, 0.15) is 24.1 Å². The number of rotatable bonds is 5. The fraction of sp³-hybridized carbons (Fsp3) is 0.263. The van der Waals surface area contributed by atoms with Crippen molar-refractivity contribution < 1.29 is 36.6 Å². The van der Waals surface area contributed by atoms with Gasteiger partial charge in [0.25, 0.3) is 0 Å². The van der Waals surface area contributed by atoms with Crippen molar-refractivity contribution in [3.8, 4) is 5.00 Å². The molecule has 1 fully saturated rings. The average Bonchev–Trinajstić information content (AvgIpc) is 3.15. The first-order valence-electron chi connectivity index (χ1n) is 9.12. The third kappa shape index (κ3) is 5.47. The van der Waals surface area contributed by atoms with Crippen molar-refractivity contribution in [3.63, 3.8) is 0 Å². The quantitative estimate of drug-likeness (QED) is 0.493. The Morgan fingerprint density at radius 1 is 1.12 bits per heavy atom. The Balaban J connectivity index is 0.000000668. The minimum atomic E-state index is -4.55. The molecule has 0 bridgehead atoms. The van der Waals surface area contributed by atoms with E-state index in [1.54, 1.807) is 0 Å². The molecule has 0 unspecified atom stereocenters. The molecule has 0 saturated heterocycles. The Hall–Kier alpha value is -2.90. The molecule has 1 aliphatic rings. The van der Waals surface area contributed by atoms with Crippen molar-refractivity contribution in [2.45, 2.75) is 29.3 Å². The zero-order valence-corrected chi connectivity index (χ0v) is 18.0. The molecule has 32 heavy (non-hydrogen) atoms. The molecule has 3 N–H and O–H groups in total. The van der Waals surface area contributed by atoms with Crippen molar-refractivity contribution in [1.29, 1.82) is 0 Å². The number of nitrogens with one attached hydrogen (secondary N) is 1. The van der Waals surface area contributed by atoms with E-state index in [0.717, 1.165) is 33.8 Å². The van der Waals surface area contributed by atoms with E-state index in [1.807, 2.05) is 37.3 Å². The van der Waals surface area contributed by atoms with E-state index in [1.165, 1.54) is 12.1 Å². The topological polar surface area (TPSA) is 122 Å². The van der Waals surface area contributed by atoms with Gasteiger partial charge in [-0.1, -0.05) is 37.3 Å². The first kappa shape index (κ1) is 23.8. The Bertz CT molecular complexity index is 1190. The van der Waals surface area contributed by atoms with E-state index in [-0.39, 0.29) is 22.1 Å². The number of carboxylic acid groups (broad SMARTS) is 2. The Kier molecular flexibility index (Phi) is 6.62. The zero-order valence-electron chi connectivity index (χ0n) is 16.4. The second kappa shape index (κ2) is 8.92. The van der Waals surface area contributed by atoms with Crippen LogP contribution in [0.4, 0.5) is 18.0 Å². The fourth-order valence-corrected chi connectivity index (χ4v) is 5.84. The number of carbonyl (C=O) groups is 1. The maximum absolute atomic E-state index is 12.7. The van der Waals surface area contributed by atoms with Crippen molar-refractivity contribution in [2.75, 3.05) is 0 Å². The van der Waals surface area contributed by atoms with Crippen LogP contribution in [0.2, 0.25) is 0 Å². The van der Waals surface area contributed by atoms with Crippen molar-refractivity contribution in [2.24, 2.45) is 5.92 Å². The van der Waals surface area contributed by atoms with E-state index in [0.29, 0.717) is 5.00 Å². The number of sulfonamides is 1. The first-order chi connectivity index (χ1) is 14.9. The Morgan fingerprint density at radius 3 is 2.31 bits per heavy atom. The van der Waals surface area contributed by atoms with Crippen LogP contribution in [-0.4, -0.2) is 40.6 Å². The summed E-state index contributed by atoms with van der Waals surface area (Å²) in [7, 11) is -3.77. The molecular formula is C19H18F3N3O5S2. The van der Waals surface area contributed by atoms with Crippen LogP contribution >= 0.6 is 11.3 Å². The van der Waals surface area contributed by atoms with Gasteiger partial charge in [-0.2, -0.15) is 18.3 Å². The lowest BCUT2D eigenvalue weighted by Gasteiger charge is -2.04. The lowest BCUT2D eigenvalue weighted by atomic mass is 10.1. The van der Waals surface area contributed by atoms with Crippen molar-refractivity contribution in [1.82, 2.24) is 14.5 Å². The highest BCUT2D eigenvalue weighted by Crippen LogP contribution is 2.48. The lowest BCUT2D eigenvalue weighted by Crippen LogP contribution is -2.27. The second-order valence-electron chi connectivity index (χ2n) is 6.96. The van der Waals surface area contributed by atoms with Gasteiger partial charge in [0.05, 0.1) is 0 Å². The van der Waals surface area contributed by atoms with Crippen molar-refractivity contribution >= 4 is 27.5 Å². The second-order valence-corrected chi connectivity index (χ2v) is 9.96. The maximum atomic E-state index is 12.7. The third-order valence-electron chi connectivity index (χ3n) is 4.79. The number of hydrogen-bond acceptors (Lipinski definition) is 5. The highest BCUT2D eigenvalue weighted by Gasteiger charge is 2.49. The monoisotopic (exact) mass is 489 g/mol. The van der Waals surface area contributed by atoms with Gasteiger partial charge in [0.15, 0.2) is 5.69 Å². The summed E-state index contributed by atoms with van der Waals surface area (Å²) in [4.78, 5) is 8.56. The summed E-state index contributed by atoms with van der Waals surface area (Å²) in [5, 5.41) is 17.7. The number of benzene rings is 1. The molecular weight excluding hydrogens is 471 g/mol. The molecule has 2 heterocycles. The number of nitrogens with zero attached hydrogens (tertiary/aromatic N) is 2. The van der Waals surface area contributed by atoms with Gasteiger partial charge in [-0.15, -0.1) is 11.3 Å². The summed E-state index contributed by atoms with van der Waals surface area (Å²) in [6, 6.07) is 13.1. The summed E-state index contributed by atoms with van der Waals surface area (Å²) >= 11 is 0.868. The predicted molar refractivity (Wildman–Crippen MR) is 110 cm³/mol. The van der Waals surface area contributed by atoms with Crippen molar-refractivity contribution in [3.05, 3.63) is 66.0 Å². The third-order valence-corrected chi connectivity index (χ3v) is 7.82. The fourth-order valence-electron chi connectivity index (χ4n) is 3.24. The molecule has 3 atom stereocenters. The standard InChI is InChI=1S/C18H16F3N3O2S2.CH2O3/c1-11-16(12-5-3-2-4-6-12)17(11)23-28(25,26)15-8-7-14(27-15)24-10-9-13(22-24)18(19,20)21;2-1(3)4/h2-11,16-17,23H,1H3;(H2,2,3,4)/t11-,16-,17+;/m1./s1.